The summed E-state index contributed by atoms with van der Waals surface area (Å²) < 4.78 is 0. The fraction of sp³-hybridized carbons (Fsp3) is 0.346. The summed E-state index contributed by atoms with van der Waals surface area (Å²) in [5.74, 6) is 0.781. The first-order chi connectivity index (χ1) is 15.7. The Labute approximate surface area is 189 Å². The molecule has 6 nitrogen and oxygen atoms in total. The standard InChI is InChI=1S/C26H29N5O/c1-30-14-16-31(17-15-30)26(32)20-8-10-23(11-9-20)27-25-13-12-24(28-29-25)22-7-6-19-4-2-3-5-21(19)18-22/h6-13,18H,2-5,14-17H2,1H3,(H,27,29). The smallest absolute Gasteiger partial charge is 0.253 e. The van der Waals surface area contributed by atoms with E-state index in [-0.39, 0.29) is 5.91 Å². The number of carbonyl (C=O) groups excluding carboxylic acids is 1. The second kappa shape index (κ2) is 9.09. The van der Waals surface area contributed by atoms with Crippen LogP contribution in [0.15, 0.2) is 54.6 Å². The summed E-state index contributed by atoms with van der Waals surface area (Å²) >= 11 is 0. The number of benzene rings is 2. The van der Waals surface area contributed by atoms with Crippen molar-refractivity contribution in [2.75, 3.05) is 38.5 Å². The van der Waals surface area contributed by atoms with Crippen LogP contribution in [-0.2, 0) is 12.8 Å². The fourth-order valence-electron chi connectivity index (χ4n) is 4.48. The summed E-state index contributed by atoms with van der Waals surface area (Å²) in [6.07, 6.45) is 4.90. The molecular weight excluding hydrogens is 398 g/mol. The third-order valence-electron chi connectivity index (χ3n) is 6.50. The van der Waals surface area contributed by atoms with Gasteiger partial charge in [0.25, 0.3) is 5.91 Å². The predicted molar refractivity (Wildman–Crippen MR) is 127 cm³/mol. The molecule has 0 saturated carbocycles. The monoisotopic (exact) mass is 427 g/mol. The van der Waals surface area contributed by atoms with Gasteiger partial charge in [0, 0.05) is 43.0 Å². The maximum atomic E-state index is 12.7. The van der Waals surface area contributed by atoms with E-state index in [0.717, 1.165) is 49.5 Å². The van der Waals surface area contributed by atoms with Gasteiger partial charge in [-0.3, -0.25) is 4.79 Å². The number of likely N-dealkylation sites (N-methyl/N-ethyl adjacent to an activating group) is 1. The number of nitrogens with zero attached hydrogens (tertiary/aromatic N) is 4. The van der Waals surface area contributed by atoms with Crippen molar-refractivity contribution >= 4 is 17.4 Å². The van der Waals surface area contributed by atoms with Crippen molar-refractivity contribution in [1.29, 1.82) is 0 Å². The van der Waals surface area contributed by atoms with E-state index in [1.807, 2.05) is 41.3 Å². The molecule has 32 heavy (non-hydrogen) atoms. The van der Waals surface area contributed by atoms with Gasteiger partial charge in [0.2, 0.25) is 0 Å². The predicted octanol–water partition coefficient (Wildman–Crippen LogP) is 4.15. The molecule has 1 saturated heterocycles. The van der Waals surface area contributed by atoms with Crippen LogP contribution >= 0.6 is 0 Å². The number of aryl methyl sites for hydroxylation is 2. The number of nitrogens with one attached hydrogen (secondary N) is 1. The fourth-order valence-corrected chi connectivity index (χ4v) is 4.48. The summed E-state index contributed by atoms with van der Waals surface area (Å²) in [7, 11) is 2.09. The van der Waals surface area contributed by atoms with Crippen LogP contribution in [0.2, 0.25) is 0 Å². The zero-order valence-electron chi connectivity index (χ0n) is 18.6. The van der Waals surface area contributed by atoms with Gasteiger partial charge >= 0.3 is 0 Å². The average molecular weight is 428 g/mol. The molecule has 2 heterocycles. The molecule has 6 heteroatoms. The van der Waals surface area contributed by atoms with E-state index < -0.39 is 0 Å². The third-order valence-corrected chi connectivity index (χ3v) is 6.50. The van der Waals surface area contributed by atoms with Crippen LogP contribution in [-0.4, -0.2) is 59.1 Å². The molecule has 0 atom stereocenters. The second-order valence-electron chi connectivity index (χ2n) is 8.79. The molecule has 2 aromatic carbocycles. The number of amides is 1. The van der Waals surface area contributed by atoms with Crippen LogP contribution in [0.25, 0.3) is 11.3 Å². The lowest BCUT2D eigenvalue weighted by Gasteiger charge is -2.32. The minimum Gasteiger partial charge on any atom is -0.339 e. The first-order valence-corrected chi connectivity index (χ1v) is 11.5. The molecule has 5 rings (SSSR count). The van der Waals surface area contributed by atoms with Crippen LogP contribution in [0.5, 0.6) is 0 Å². The van der Waals surface area contributed by atoms with E-state index in [4.69, 9.17) is 0 Å². The summed E-state index contributed by atoms with van der Waals surface area (Å²) in [6, 6.07) is 18.2. The average Bonchev–Trinajstić information content (AvgIpc) is 2.85. The molecule has 1 amide bonds. The minimum absolute atomic E-state index is 0.0962. The zero-order valence-corrected chi connectivity index (χ0v) is 18.6. The Morgan fingerprint density at radius 3 is 2.31 bits per heavy atom. The number of aromatic nitrogens is 2. The van der Waals surface area contributed by atoms with Crippen molar-refractivity contribution in [3.8, 4) is 11.3 Å². The van der Waals surface area contributed by atoms with Gasteiger partial charge in [-0.05, 0) is 86.3 Å². The molecule has 0 radical (unpaired) electrons. The molecule has 1 aliphatic heterocycles. The van der Waals surface area contributed by atoms with Gasteiger partial charge < -0.3 is 15.1 Å². The van der Waals surface area contributed by atoms with Crippen molar-refractivity contribution in [1.82, 2.24) is 20.0 Å². The van der Waals surface area contributed by atoms with Crippen LogP contribution in [0, 0.1) is 0 Å². The molecule has 0 spiro atoms. The Hall–Kier alpha value is -3.25. The van der Waals surface area contributed by atoms with Gasteiger partial charge in [-0.25, -0.2) is 0 Å². The van der Waals surface area contributed by atoms with Crippen LogP contribution < -0.4 is 5.32 Å². The highest BCUT2D eigenvalue weighted by molar-refractivity contribution is 5.94. The van der Waals surface area contributed by atoms with Crippen LogP contribution in [0.3, 0.4) is 0 Å². The van der Waals surface area contributed by atoms with Crippen LogP contribution in [0.1, 0.15) is 34.3 Å². The van der Waals surface area contributed by atoms with Crippen molar-refractivity contribution in [3.63, 3.8) is 0 Å². The number of carbonyl (C=O) groups is 1. The quantitative estimate of drug-likeness (QED) is 0.678. The molecule has 1 fully saturated rings. The molecular formula is C26H29N5O. The first-order valence-electron chi connectivity index (χ1n) is 11.5. The number of fused-ring (bicyclic) bond motifs is 1. The van der Waals surface area contributed by atoms with Crippen molar-refractivity contribution in [2.45, 2.75) is 25.7 Å². The first kappa shape index (κ1) is 20.6. The topological polar surface area (TPSA) is 61.4 Å². The molecule has 164 valence electrons. The Bertz CT molecular complexity index is 1090. The lowest BCUT2D eigenvalue weighted by molar-refractivity contribution is 0.0664. The SMILES string of the molecule is CN1CCN(C(=O)c2ccc(Nc3ccc(-c4ccc5c(c4)CCCC5)nn3)cc2)CC1. The summed E-state index contributed by atoms with van der Waals surface area (Å²) in [5.41, 5.74) is 6.53. The molecule has 0 unspecified atom stereocenters. The van der Waals surface area contributed by atoms with Gasteiger partial charge in [-0.1, -0.05) is 12.1 Å². The molecule has 1 aromatic heterocycles. The maximum absolute atomic E-state index is 12.7. The summed E-state index contributed by atoms with van der Waals surface area (Å²) in [5, 5.41) is 12.1. The van der Waals surface area contributed by atoms with E-state index in [1.165, 1.54) is 30.4 Å². The maximum Gasteiger partial charge on any atom is 0.253 e. The van der Waals surface area contributed by atoms with E-state index >= 15 is 0 Å². The van der Waals surface area contributed by atoms with E-state index in [9.17, 15) is 4.79 Å². The highest BCUT2D eigenvalue weighted by Crippen LogP contribution is 2.27. The Balaban J connectivity index is 1.23. The van der Waals surface area contributed by atoms with Gasteiger partial charge in [-0.15, -0.1) is 10.2 Å². The summed E-state index contributed by atoms with van der Waals surface area (Å²) in [6.45, 7) is 3.40. The van der Waals surface area contributed by atoms with Gasteiger partial charge in [0.15, 0.2) is 5.82 Å². The number of hydrogen-bond donors (Lipinski definition) is 1. The Morgan fingerprint density at radius 2 is 1.59 bits per heavy atom. The second-order valence-corrected chi connectivity index (χ2v) is 8.79. The zero-order chi connectivity index (χ0) is 21.9. The van der Waals surface area contributed by atoms with E-state index in [2.05, 4.69) is 45.7 Å². The van der Waals surface area contributed by atoms with Crippen molar-refractivity contribution in [3.05, 3.63) is 71.3 Å². The number of piperazine rings is 1. The lowest BCUT2D eigenvalue weighted by Crippen LogP contribution is -2.47. The highest BCUT2D eigenvalue weighted by atomic mass is 16.2. The van der Waals surface area contributed by atoms with Crippen molar-refractivity contribution < 1.29 is 4.79 Å². The van der Waals surface area contributed by atoms with Crippen LogP contribution in [0.4, 0.5) is 11.5 Å². The van der Waals surface area contributed by atoms with Gasteiger partial charge in [0.05, 0.1) is 5.69 Å². The molecule has 2 aliphatic rings. The molecule has 3 aromatic rings. The van der Waals surface area contributed by atoms with Gasteiger partial charge in [-0.2, -0.15) is 0 Å². The highest BCUT2D eigenvalue weighted by Gasteiger charge is 2.20. The van der Waals surface area contributed by atoms with Crippen molar-refractivity contribution in [2.24, 2.45) is 0 Å². The van der Waals surface area contributed by atoms with Gasteiger partial charge in [0.1, 0.15) is 0 Å². The number of rotatable bonds is 4. The molecule has 0 bridgehead atoms. The number of hydrogen-bond acceptors (Lipinski definition) is 5. The normalized spacial score (nSPS) is 16.5. The van der Waals surface area contributed by atoms with E-state index in [1.54, 1.807) is 0 Å². The Kier molecular flexibility index (Phi) is 5.86. The minimum atomic E-state index is 0.0962. The molecule has 1 aliphatic carbocycles. The largest absolute Gasteiger partial charge is 0.339 e. The third kappa shape index (κ3) is 4.50. The molecule has 1 N–H and O–H groups in total. The Morgan fingerprint density at radius 1 is 0.844 bits per heavy atom. The number of anilines is 2. The lowest BCUT2D eigenvalue weighted by atomic mass is 9.90. The van der Waals surface area contributed by atoms with E-state index in [0.29, 0.717) is 11.4 Å². The summed E-state index contributed by atoms with van der Waals surface area (Å²) in [4.78, 5) is 16.9.